The van der Waals surface area contributed by atoms with Crippen LogP contribution < -0.4 is 16.4 Å². The molecule has 1 aromatic rings. The number of carbonyl (C=O) groups is 2. The van der Waals surface area contributed by atoms with E-state index in [1.807, 2.05) is 0 Å². The fraction of sp³-hybridized carbons (Fsp3) is 0.500. The molecule has 0 radical (unpaired) electrons. The van der Waals surface area contributed by atoms with E-state index in [9.17, 15) is 19.8 Å². The first-order valence-electron chi connectivity index (χ1n) is 7.68. The number of hydrogen-bond donors (Lipinski definition) is 5. The van der Waals surface area contributed by atoms with E-state index in [-0.39, 0.29) is 11.7 Å². The molecule has 6 N–H and O–H groups in total. The van der Waals surface area contributed by atoms with Crippen molar-refractivity contribution in [1.29, 1.82) is 0 Å². The molecular formula is C16H23N3O5. The van der Waals surface area contributed by atoms with Crippen LogP contribution >= 0.6 is 0 Å². The Morgan fingerprint density at radius 2 is 2.04 bits per heavy atom. The van der Waals surface area contributed by atoms with Gasteiger partial charge in [-0.15, -0.1) is 0 Å². The molecule has 2 rings (SSSR count). The van der Waals surface area contributed by atoms with Crippen LogP contribution in [0.3, 0.4) is 0 Å². The summed E-state index contributed by atoms with van der Waals surface area (Å²) in [6.07, 6.45) is -2.77. The average molecular weight is 337 g/mol. The van der Waals surface area contributed by atoms with Crippen molar-refractivity contribution < 1.29 is 24.5 Å². The van der Waals surface area contributed by atoms with Gasteiger partial charge in [0.2, 0.25) is 5.91 Å². The summed E-state index contributed by atoms with van der Waals surface area (Å²) < 4.78 is 5.65. The van der Waals surface area contributed by atoms with E-state index in [0.717, 1.165) is 0 Å². The molecule has 132 valence electrons. The summed E-state index contributed by atoms with van der Waals surface area (Å²) in [4.78, 5) is 22.9. The molecule has 8 heteroatoms. The van der Waals surface area contributed by atoms with Crippen molar-refractivity contribution in [3.8, 4) is 0 Å². The molecule has 0 spiro atoms. The summed E-state index contributed by atoms with van der Waals surface area (Å²) >= 11 is 0. The Morgan fingerprint density at radius 1 is 1.33 bits per heavy atom. The van der Waals surface area contributed by atoms with Gasteiger partial charge in [0.1, 0.15) is 12.3 Å². The highest BCUT2D eigenvalue weighted by molar-refractivity contribution is 5.94. The van der Waals surface area contributed by atoms with E-state index in [1.54, 1.807) is 24.3 Å². The maximum absolute atomic E-state index is 11.5. The Bertz CT molecular complexity index is 609. The third-order valence-electron chi connectivity index (χ3n) is 3.97. The van der Waals surface area contributed by atoms with Gasteiger partial charge in [-0.25, -0.2) is 0 Å². The lowest BCUT2D eigenvalue weighted by molar-refractivity contribution is -0.150. The van der Waals surface area contributed by atoms with Gasteiger partial charge in [-0.2, -0.15) is 0 Å². The highest BCUT2D eigenvalue weighted by Gasteiger charge is 2.43. The maximum Gasteiger partial charge on any atom is 0.217 e. The van der Waals surface area contributed by atoms with Gasteiger partial charge in [0.05, 0.1) is 24.8 Å². The van der Waals surface area contributed by atoms with Crippen molar-refractivity contribution in [1.82, 2.24) is 5.32 Å². The zero-order valence-corrected chi connectivity index (χ0v) is 13.6. The lowest BCUT2D eigenvalue weighted by Crippen LogP contribution is -2.68. The third kappa shape index (κ3) is 4.09. The predicted octanol–water partition coefficient (Wildman–Crippen LogP) is -0.789. The van der Waals surface area contributed by atoms with E-state index in [0.29, 0.717) is 11.3 Å². The molecule has 1 saturated heterocycles. The predicted molar refractivity (Wildman–Crippen MR) is 87.4 cm³/mol. The third-order valence-corrected chi connectivity index (χ3v) is 3.97. The highest BCUT2D eigenvalue weighted by atomic mass is 16.5. The zero-order chi connectivity index (χ0) is 17.9. The minimum absolute atomic E-state index is 0.0815. The smallest absolute Gasteiger partial charge is 0.217 e. The molecular weight excluding hydrogens is 314 g/mol. The number of Topliss-reactive ketones (excluding diaryl/α,β-unsaturated/α-hetero) is 1. The van der Waals surface area contributed by atoms with Crippen LogP contribution in [0.1, 0.15) is 24.2 Å². The summed E-state index contributed by atoms with van der Waals surface area (Å²) in [7, 11) is 0. The lowest BCUT2D eigenvalue weighted by Gasteiger charge is -2.43. The molecule has 5 atom stereocenters. The lowest BCUT2D eigenvalue weighted by atomic mass is 9.94. The normalized spacial score (nSPS) is 29.8. The second kappa shape index (κ2) is 7.71. The molecule has 0 unspecified atom stereocenters. The monoisotopic (exact) mass is 337 g/mol. The quantitative estimate of drug-likeness (QED) is 0.445. The number of carbonyl (C=O) groups excluding carboxylic acids is 2. The van der Waals surface area contributed by atoms with Crippen LogP contribution in [0.2, 0.25) is 0 Å². The molecule has 0 bridgehead atoms. The molecule has 1 heterocycles. The SMILES string of the molecule is CC(=O)N[C@@H]1[C@@H](N)[C@H](O)[C@@H](CO)O[C@H]1Nc1cccc(C(C)=O)c1. The number of nitrogens with one attached hydrogen (secondary N) is 2. The van der Waals surface area contributed by atoms with Gasteiger partial charge in [0.25, 0.3) is 0 Å². The molecule has 24 heavy (non-hydrogen) atoms. The van der Waals surface area contributed by atoms with E-state index >= 15 is 0 Å². The van der Waals surface area contributed by atoms with Gasteiger partial charge < -0.3 is 31.3 Å². The molecule has 1 aliphatic rings. The fourth-order valence-corrected chi connectivity index (χ4v) is 2.69. The van der Waals surface area contributed by atoms with E-state index in [2.05, 4.69) is 10.6 Å². The second-order valence-corrected chi connectivity index (χ2v) is 5.85. The summed E-state index contributed by atoms with van der Waals surface area (Å²) in [5.41, 5.74) is 7.13. The molecule has 0 aromatic heterocycles. The number of nitrogens with two attached hydrogens (primary N) is 1. The number of rotatable bonds is 5. The largest absolute Gasteiger partial charge is 0.394 e. The minimum Gasteiger partial charge on any atom is -0.394 e. The first-order valence-corrected chi connectivity index (χ1v) is 7.68. The Hall–Kier alpha value is -2.00. The summed E-state index contributed by atoms with van der Waals surface area (Å²) in [6.45, 7) is 2.39. The Kier molecular flexibility index (Phi) is 5.89. The first-order chi connectivity index (χ1) is 11.3. The topological polar surface area (TPSA) is 134 Å². The van der Waals surface area contributed by atoms with Gasteiger partial charge in [0, 0.05) is 18.2 Å². The van der Waals surface area contributed by atoms with Crippen molar-refractivity contribution in [2.45, 2.75) is 44.4 Å². The molecule has 0 saturated carbocycles. The summed E-state index contributed by atoms with van der Waals surface area (Å²) in [6, 6.07) is 5.27. The van der Waals surface area contributed by atoms with Gasteiger partial charge >= 0.3 is 0 Å². The molecule has 0 aliphatic carbocycles. The van der Waals surface area contributed by atoms with Gasteiger partial charge in [0.15, 0.2) is 5.78 Å². The number of aliphatic hydroxyl groups is 2. The fourth-order valence-electron chi connectivity index (χ4n) is 2.69. The number of aliphatic hydroxyl groups excluding tert-OH is 2. The first kappa shape index (κ1) is 18.3. The average Bonchev–Trinajstić information content (AvgIpc) is 2.54. The Balaban J connectivity index is 2.24. The summed E-state index contributed by atoms with van der Waals surface area (Å²) in [5, 5.41) is 25.1. The van der Waals surface area contributed by atoms with Crippen LogP contribution in [-0.4, -0.2) is 59.0 Å². The van der Waals surface area contributed by atoms with Gasteiger partial charge in [-0.1, -0.05) is 12.1 Å². The summed E-state index contributed by atoms with van der Waals surface area (Å²) in [5.74, 6) is -0.403. The molecule has 1 aromatic carbocycles. The van der Waals surface area contributed by atoms with Crippen molar-refractivity contribution in [3.63, 3.8) is 0 Å². The highest BCUT2D eigenvalue weighted by Crippen LogP contribution is 2.22. The maximum atomic E-state index is 11.5. The standard InChI is InChI=1S/C16H23N3O5/c1-8(21)10-4-3-5-11(6-10)19-16-14(18-9(2)22)13(17)15(23)12(7-20)24-16/h3-6,12-16,19-20,23H,7,17H2,1-2H3,(H,18,22)/t12-,13-,14-,15-,16-/m1/s1. The van der Waals surface area contributed by atoms with Crippen LogP contribution in [0.25, 0.3) is 0 Å². The van der Waals surface area contributed by atoms with E-state index in [1.165, 1.54) is 13.8 Å². The number of amides is 1. The van der Waals surface area contributed by atoms with Crippen LogP contribution in [0.15, 0.2) is 24.3 Å². The Labute approximate surface area is 140 Å². The van der Waals surface area contributed by atoms with Gasteiger partial charge in [-0.05, 0) is 19.1 Å². The van der Waals surface area contributed by atoms with Crippen LogP contribution in [-0.2, 0) is 9.53 Å². The molecule has 1 amide bonds. The number of benzene rings is 1. The van der Waals surface area contributed by atoms with Crippen molar-refractivity contribution in [2.75, 3.05) is 11.9 Å². The number of anilines is 1. The van der Waals surface area contributed by atoms with Crippen LogP contribution in [0, 0.1) is 0 Å². The van der Waals surface area contributed by atoms with Crippen molar-refractivity contribution in [3.05, 3.63) is 29.8 Å². The number of hydrogen-bond acceptors (Lipinski definition) is 7. The van der Waals surface area contributed by atoms with Crippen LogP contribution in [0.4, 0.5) is 5.69 Å². The molecule has 1 aliphatic heterocycles. The number of ketones is 1. The number of ether oxygens (including phenoxy) is 1. The second-order valence-electron chi connectivity index (χ2n) is 5.85. The van der Waals surface area contributed by atoms with Crippen molar-refractivity contribution in [2.24, 2.45) is 5.73 Å². The Morgan fingerprint density at radius 3 is 2.62 bits per heavy atom. The van der Waals surface area contributed by atoms with E-state index < -0.39 is 37.1 Å². The minimum atomic E-state index is -1.12. The van der Waals surface area contributed by atoms with Gasteiger partial charge in [-0.3, -0.25) is 9.59 Å². The van der Waals surface area contributed by atoms with E-state index in [4.69, 9.17) is 10.5 Å². The van der Waals surface area contributed by atoms with Crippen LogP contribution in [0.5, 0.6) is 0 Å². The van der Waals surface area contributed by atoms with Crippen molar-refractivity contribution >= 4 is 17.4 Å². The molecule has 1 fully saturated rings. The zero-order valence-electron chi connectivity index (χ0n) is 13.6. The molecule has 8 nitrogen and oxygen atoms in total.